The third-order valence-corrected chi connectivity index (χ3v) is 1.77. The zero-order valence-electron chi connectivity index (χ0n) is 9.27. The van der Waals surface area contributed by atoms with Crippen molar-refractivity contribution in [3.8, 4) is 5.75 Å². The topological polar surface area (TPSA) is 35.5 Å². The molecule has 0 bridgehead atoms. The van der Waals surface area contributed by atoms with E-state index >= 15 is 0 Å². The molecule has 0 aliphatic rings. The summed E-state index contributed by atoms with van der Waals surface area (Å²) in [5.74, 6) is 0.177. The zero-order valence-corrected chi connectivity index (χ0v) is 9.27. The van der Waals surface area contributed by atoms with Crippen LogP contribution in [0.15, 0.2) is 30.3 Å². The minimum absolute atomic E-state index is 0.0170. The lowest BCUT2D eigenvalue weighted by Gasteiger charge is -2.14. The van der Waals surface area contributed by atoms with E-state index in [1.807, 2.05) is 32.0 Å². The third kappa shape index (κ3) is 4.13. The molecule has 0 aliphatic carbocycles. The molecule has 3 nitrogen and oxygen atoms in total. The summed E-state index contributed by atoms with van der Waals surface area (Å²) in [5, 5.41) is 0. The van der Waals surface area contributed by atoms with Crippen molar-refractivity contribution in [2.75, 3.05) is 0 Å². The summed E-state index contributed by atoms with van der Waals surface area (Å²) in [6, 6.07) is 8.97. The molecule has 1 atom stereocenters. The fourth-order valence-corrected chi connectivity index (χ4v) is 1.15. The van der Waals surface area contributed by atoms with Gasteiger partial charge >= 0.3 is 5.97 Å². The molecule has 0 N–H and O–H groups in total. The summed E-state index contributed by atoms with van der Waals surface area (Å²) in [6.07, 6.45) is -0.520. The first kappa shape index (κ1) is 11.7. The number of carbonyl (C=O) groups excluding carboxylic acids is 1. The smallest absolute Gasteiger partial charge is 0.340 e. The van der Waals surface area contributed by atoms with E-state index in [1.54, 1.807) is 19.1 Å². The van der Waals surface area contributed by atoms with Gasteiger partial charge in [-0.05, 0) is 32.9 Å². The Balaban J connectivity index is 2.49. The average Bonchev–Trinajstić information content (AvgIpc) is 2.18. The molecule has 0 aliphatic heterocycles. The Kier molecular flexibility index (Phi) is 4.31. The first-order chi connectivity index (χ1) is 7.09. The molecule has 1 aromatic rings. The fraction of sp³-hybridized carbons (Fsp3) is 0.417. The second kappa shape index (κ2) is 5.51. The van der Waals surface area contributed by atoms with Crippen molar-refractivity contribution in [3.63, 3.8) is 0 Å². The van der Waals surface area contributed by atoms with Crippen LogP contribution in [0.1, 0.15) is 20.8 Å². The first-order valence-electron chi connectivity index (χ1n) is 5.02. The molecule has 15 heavy (non-hydrogen) atoms. The lowest BCUT2D eigenvalue weighted by atomic mass is 10.3. The molecule has 0 spiro atoms. The average molecular weight is 208 g/mol. The van der Waals surface area contributed by atoms with E-state index in [0.717, 1.165) is 0 Å². The van der Waals surface area contributed by atoms with Gasteiger partial charge in [-0.1, -0.05) is 18.2 Å². The van der Waals surface area contributed by atoms with Gasteiger partial charge in [-0.15, -0.1) is 0 Å². The van der Waals surface area contributed by atoms with Crippen molar-refractivity contribution >= 4 is 5.97 Å². The lowest BCUT2D eigenvalue weighted by molar-refractivity contribution is -0.148. The number of para-hydroxylation sites is 1. The van der Waals surface area contributed by atoms with Crippen molar-refractivity contribution in [1.29, 1.82) is 0 Å². The van der Waals surface area contributed by atoms with Gasteiger partial charge in [0.15, 0.2) is 6.10 Å². The molecule has 0 radical (unpaired) electrons. The van der Waals surface area contributed by atoms with Crippen molar-refractivity contribution in [3.05, 3.63) is 30.3 Å². The third-order valence-electron chi connectivity index (χ3n) is 1.77. The normalized spacial score (nSPS) is 12.5. The molecular formula is C12H16O3. The van der Waals surface area contributed by atoms with Crippen LogP contribution in [0.2, 0.25) is 0 Å². The van der Waals surface area contributed by atoms with E-state index in [4.69, 9.17) is 9.47 Å². The highest BCUT2D eigenvalue weighted by Gasteiger charge is 2.16. The summed E-state index contributed by atoms with van der Waals surface area (Å²) in [7, 11) is 0. The Labute approximate surface area is 90.0 Å². The summed E-state index contributed by atoms with van der Waals surface area (Å²) in [4.78, 5) is 11.5. The predicted octanol–water partition coefficient (Wildman–Crippen LogP) is 2.41. The van der Waals surface area contributed by atoms with Crippen molar-refractivity contribution < 1.29 is 14.3 Å². The Bertz CT molecular complexity index is 306. The number of esters is 1. The fourth-order valence-electron chi connectivity index (χ4n) is 1.15. The van der Waals surface area contributed by atoms with Gasteiger partial charge in [-0.25, -0.2) is 4.79 Å². The van der Waals surface area contributed by atoms with Crippen LogP contribution >= 0.6 is 0 Å². The second-order valence-electron chi connectivity index (χ2n) is 3.56. The Hall–Kier alpha value is -1.35. The molecule has 0 saturated carbocycles. The number of hydrogen-bond acceptors (Lipinski definition) is 3. The minimum Gasteiger partial charge on any atom is -0.425 e. The van der Waals surface area contributed by atoms with Gasteiger partial charge in [0.2, 0.25) is 0 Å². The van der Waals surface area contributed by atoms with E-state index in [2.05, 4.69) is 0 Å². The lowest BCUT2D eigenvalue weighted by Crippen LogP contribution is -2.28. The van der Waals surface area contributed by atoms with E-state index in [-0.39, 0.29) is 12.1 Å². The van der Waals surface area contributed by atoms with Crippen LogP contribution in [0.25, 0.3) is 0 Å². The highest BCUT2D eigenvalue weighted by molar-refractivity contribution is 5.76. The largest absolute Gasteiger partial charge is 0.425 e. The maximum absolute atomic E-state index is 11.5. The van der Waals surface area contributed by atoms with Gasteiger partial charge in [-0.2, -0.15) is 0 Å². The molecule has 0 fully saturated rings. The van der Waals surface area contributed by atoms with Gasteiger partial charge in [0.1, 0.15) is 5.75 Å². The molecule has 3 heteroatoms. The van der Waals surface area contributed by atoms with Crippen molar-refractivity contribution in [2.24, 2.45) is 0 Å². The van der Waals surface area contributed by atoms with Crippen molar-refractivity contribution in [1.82, 2.24) is 0 Å². The molecule has 1 rings (SSSR count). The number of carbonyl (C=O) groups is 1. The van der Waals surface area contributed by atoms with Crippen LogP contribution in [0.3, 0.4) is 0 Å². The highest BCUT2D eigenvalue weighted by atomic mass is 16.6. The van der Waals surface area contributed by atoms with Gasteiger partial charge < -0.3 is 9.47 Å². The molecule has 0 heterocycles. The minimum atomic E-state index is -0.537. The molecule has 0 amide bonds. The van der Waals surface area contributed by atoms with Crippen LogP contribution in [0.5, 0.6) is 5.75 Å². The molecule has 0 aromatic heterocycles. The molecule has 82 valence electrons. The zero-order chi connectivity index (χ0) is 11.3. The molecule has 1 unspecified atom stereocenters. The van der Waals surface area contributed by atoms with Crippen LogP contribution < -0.4 is 4.74 Å². The van der Waals surface area contributed by atoms with Crippen molar-refractivity contribution in [2.45, 2.75) is 33.0 Å². The SMILES string of the molecule is CC(C)OC(C)C(=O)Oc1ccccc1. The Morgan fingerprint density at radius 3 is 2.27 bits per heavy atom. The number of ether oxygens (including phenoxy) is 2. The van der Waals surface area contributed by atoms with Gasteiger partial charge in [0, 0.05) is 0 Å². The highest BCUT2D eigenvalue weighted by Crippen LogP contribution is 2.10. The number of rotatable bonds is 4. The summed E-state index contributed by atoms with van der Waals surface area (Å²) in [6.45, 7) is 5.45. The van der Waals surface area contributed by atoms with Crippen LogP contribution in [0, 0.1) is 0 Å². The monoisotopic (exact) mass is 208 g/mol. The van der Waals surface area contributed by atoms with Crippen LogP contribution in [0.4, 0.5) is 0 Å². The quantitative estimate of drug-likeness (QED) is 0.563. The maximum atomic E-state index is 11.5. The van der Waals surface area contributed by atoms with Gasteiger partial charge in [0.05, 0.1) is 6.10 Å². The molecular weight excluding hydrogens is 192 g/mol. The second-order valence-corrected chi connectivity index (χ2v) is 3.56. The Morgan fingerprint density at radius 1 is 1.13 bits per heavy atom. The standard InChI is InChI=1S/C12H16O3/c1-9(2)14-10(3)12(13)15-11-7-5-4-6-8-11/h4-10H,1-3H3. The van der Waals surface area contributed by atoms with Gasteiger partial charge in [0.25, 0.3) is 0 Å². The first-order valence-corrected chi connectivity index (χ1v) is 5.02. The summed E-state index contributed by atoms with van der Waals surface area (Å²) >= 11 is 0. The molecule has 1 aromatic carbocycles. The summed E-state index contributed by atoms with van der Waals surface area (Å²) < 4.78 is 10.4. The Morgan fingerprint density at radius 2 is 1.73 bits per heavy atom. The number of benzene rings is 1. The van der Waals surface area contributed by atoms with Gasteiger partial charge in [-0.3, -0.25) is 0 Å². The van der Waals surface area contributed by atoms with E-state index in [0.29, 0.717) is 5.75 Å². The van der Waals surface area contributed by atoms with E-state index < -0.39 is 6.10 Å². The van der Waals surface area contributed by atoms with Crippen LogP contribution in [-0.4, -0.2) is 18.2 Å². The van der Waals surface area contributed by atoms with E-state index in [1.165, 1.54) is 0 Å². The predicted molar refractivity (Wildman–Crippen MR) is 57.8 cm³/mol. The number of hydrogen-bond donors (Lipinski definition) is 0. The van der Waals surface area contributed by atoms with E-state index in [9.17, 15) is 4.79 Å². The van der Waals surface area contributed by atoms with Crippen LogP contribution in [-0.2, 0) is 9.53 Å². The summed E-state index contributed by atoms with van der Waals surface area (Å²) in [5.41, 5.74) is 0. The maximum Gasteiger partial charge on any atom is 0.340 e. The molecule has 0 saturated heterocycles.